The molecule has 0 atom stereocenters. The normalized spacial score (nSPS) is 11.3. The Labute approximate surface area is 111 Å². The highest BCUT2D eigenvalue weighted by Crippen LogP contribution is 2.30. The number of carbonyl (C=O) groups is 1. The molecule has 1 aromatic rings. The van der Waals surface area contributed by atoms with Gasteiger partial charge < -0.3 is 5.32 Å². The van der Waals surface area contributed by atoms with E-state index in [2.05, 4.69) is 5.32 Å². The fraction of sp³-hybridized carbons (Fsp3) is 0.125. The quantitative estimate of drug-likeness (QED) is 0.770. The van der Waals surface area contributed by atoms with E-state index in [9.17, 15) is 4.79 Å². The third kappa shape index (κ3) is 3.89. The van der Waals surface area contributed by atoms with Crippen LogP contribution in [0.25, 0.3) is 0 Å². The smallest absolute Gasteiger partial charge is 0.276 e. The molecular weight excluding hydrogens is 303 g/mol. The van der Waals surface area contributed by atoms with Crippen LogP contribution in [0.3, 0.4) is 0 Å². The zero-order valence-corrected chi connectivity index (χ0v) is 10.8. The maximum Gasteiger partial charge on any atom is 0.276 e. The number of halogens is 5. The van der Waals surface area contributed by atoms with Crippen molar-refractivity contribution in [2.24, 2.45) is 0 Å². The van der Waals surface area contributed by atoms with Gasteiger partial charge in [0.25, 0.3) is 9.70 Å². The molecule has 0 spiro atoms. The molecule has 7 heteroatoms. The molecule has 0 aliphatic heterocycles. The van der Waals surface area contributed by atoms with Crippen LogP contribution in [0.15, 0.2) is 18.2 Å². The van der Waals surface area contributed by atoms with Crippen LogP contribution >= 0.6 is 58.0 Å². The van der Waals surface area contributed by atoms with E-state index in [1.165, 1.54) is 12.1 Å². The average Bonchev–Trinajstić information content (AvgIpc) is 2.08. The van der Waals surface area contributed by atoms with E-state index in [0.717, 1.165) is 0 Å². The number of anilines is 1. The van der Waals surface area contributed by atoms with Gasteiger partial charge in [0, 0.05) is 5.02 Å². The van der Waals surface area contributed by atoms with Gasteiger partial charge in [0.1, 0.15) is 0 Å². The minimum absolute atomic E-state index is 0.269. The van der Waals surface area contributed by atoms with Gasteiger partial charge in [-0.2, -0.15) is 0 Å². The van der Waals surface area contributed by atoms with Crippen molar-refractivity contribution in [3.8, 4) is 0 Å². The van der Waals surface area contributed by atoms with Gasteiger partial charge in [-0.3, -0.25) is 4.79 Å². The molecule has 0 saturated heterocycles. The van der Waals surface area contributed by atoms with Crippen molar-refractivity contribution >= 4 is 69.6 Å². The standard InChI is InChI=1S/C8H4Cl5NO/c9-4-1-2-6(5(10)3-4)14-7(15)8(11,12)13/h1-3H,(H,14,15). The number of hydrogen-bond acceptors (Lipinski definition) is 1. The molecule has 0 bridgehead atoms. The molecule has 1 rings (SSSR count). The molecule has 0 aliphatic rings. The summed E-state index contributed by atoms with van der Waals surface area (Å²) in [4.78, 5) is 11.3. The third-order valence-electron chi connectivity index (χ3n) is 1.44. The first-order valence-electron chi connectivity index (χ1n) is 3.64. The van der Waals surface area contributed by atoms with Crippen molar-refractivity contribution in [1.82, 2.24) is 0 Å². The van der Waals surface area contributed by atoms with Gasteiger partial charge in [0.15, 0.2) is 0 Å². The Kier molecular flexibility index (Phi) is 4.38. The minimum atomic E-state index is -2.02. The Morgan fingerprint density at radius 3 is 2.27 bits per heavy atom. The molecule has 1 amide bonds. The van der Waals surface area contributed by atoms with Gasteiger partial charge in [-0.05, 0) is 18.2 Å². The van der Waals surface area contributed by atoms with E-state index >= 15 is 0 Å². The summed E-state index contributed by atoms with van der Waals surface area (Å²) in [5.41, 5.74) is 0.331. The van der Waals surface area contributed by atoms with Gasteiger partial charge in [0.2, 0.25) is 0 Å². The first-order valence-corrected chi connectivity index (χ1v) is 5.53. The fourth-order valence-corrected chi connectivity index (χ4v) is 1.38. The summed E-state index contributed by atoms with van der Waals surface area (Å²) in [6.45, 7) is 0. The van der Waals surface area contributed by atoms with Gasteiger partial charge in [0.05, 0.1) is 10.7 Å². The Hall–Kier alpha value is 0.140. The number of rotatable bonds is 1. The van der Waals surface area contributed by atoms with E-state index < -0.39 is 9.70 Å². The summed E-state index contributed by atoms with van der Waals surface area (Å²) in [5, 5.41) is 3.07. The van der Waals surface area contributed by atoms with Crippen LogP contribution in [-0.4, -0.2) is 9.70 Å². The van der Waals surface area contributed by atoms with Crippen LogP contribution in [0.2, 0.25) is 10.0 Å². The van der Waals surface area contributed by atoms with Crippen LogP contribution in [0.4, 0.5) is 5.69 Å². The Balaban J connectivity index is 2.87. The van der Waals surface area contributed by atoms with Gasteiger partial charge in [-0.25, -0.2) is 0 Å². The highest BCUT2D eigenvalue weighted by molar-refractivity contribution is 6.76. The third-order valence-corrected chi connectivity index (χ3v) is 2.50. The predicted octanol–water partition coefficient (Wildman–Crippen LogP) is 4.30. The maximum absolute atomic E-state index is 11.3. The summed E-state index contributed by atoms with van der Waals surface area (Å²) in [7, 11) is 0. The molecule has 0 aromatic heterocycles. The molecule has 2 nitrogen and oxygen atoms in total. The Bertz CT molecular complexity index is 387. The zero-order valence-electron chi connectivity index (χ0n) is 7.03. The number of alkyl halides is 3. The van der Waals surface area contributed by atoms with Crippen molar-refractivity contribution in [3.05, 3.63) is 28.2 Å². The van der Waals surface area contributed by atoms with Crippen molar-refractivity contribution in [2.75, 3.05) is 5.32 Å². The monoisotopic (exact) mass is 305 g/mol. The molecular formula is C8H4Cl5NO. The van der Waals surface area contributed by atoms with Gasteiger partial charge in [-0.15, -0.1) is 0 Å². The molecule has 0 unspecified atom stereocenters. The molecule has 82 valence electrons. The first-order chi connectivity index (χ1) is 6.80. The van der Waals surface area contributed by atoms with Crippen LogP contribution in [0, 0.1) is 0 Å². The zero-order chi connectivity index (χ0) is 11.6. The number of amides is 1. The lowest BCUT2D eigenvalue weighted by Gasteiger charge is -2.12. The number of hydrogen-bond donors (Lipinski definition) is 1. The second-order valence-corrected chi connectivity index (χ2v) is 5.70. The lowest BCUT2D eigenvalue weighted by molar-refractivity contribution is -0.115. The second kappa shape index (κ2) is 4.98. The highest BCUT2D eigenvalue weighted by atomic mass is 35.6. The van der Waals surface area contributed by atoms with E-state index in [0.29, 0.717) is 10.7 Å². The van der Waals surface area contributed by atoms with Crippen molar-refractivity contribution in [2.45, 2.75) is 3.79 Å². The predicted molar refractivity (Wildman–Crippen MR) is 65.4 cm³/mol. The van der Waals surface area contributed by atoms with Crippen molar-refractivity contribution in [1.29, 1.82) is 0 Å². The van der Waals surface area contributed by atoms with Crippen LogP contribution in [-0.2, 0) is 4.79 Å². The van der Waals surface area contributed by atoms with E-state index in [1.54, 1.807) is 6.07 Å². The molecule has 15 heavy (non-hydrogen) atoms. The Morgan fingerprint density at radius 1 is 1.20 bits per heavy atom. The molecule has 1 N–H and O–H groups in total. The summed E-state index contributed by atoms with van der Waals surface area (Å²) in [6, 6.07) is 4.54. The number of nitrogens with one attached hydrogen (secondary N) is 1. The average molecular weight is 307 g/mol. The van der Waals surface area contributed by atoms with Gasteiger partial charge in [-0.1, -0.05) is 58.0 Å². The van der Waals surface area contributed by atoms with E-state index in [-0.39, 0.29) is 5.02 Å². The molecule has 0 fully saturated rings. The molecule has 0 saturated carbocycles. The van der Waals surface area contributed by atoms with Crippen LogP contribution in [0.5, 0.6) is 0 Å². The molecule has 0 heterocycles. The molecule has 0 radical (unpaired) electrons. The number of carbonyl (C=O) groups excluding carboxylic acids is 1. The number of benzene rings is 1. The summed E-state index contributed by atoms with van der Waals surface area (Å²) >= 11 is 27.6. The summed E-state index contributed by atoms with van der Waals surface area (Å²) < 4.78 is -2.02. The summed E-state index contributed by atoms with van der Waals surface area (Å²) in [6.07, 6.45) is 0. The van der Waals surface area contributed by atoms with Crippen LogP contribution < -0.4 is 5.32 Å². The highest BCUT2D eigenvalue weighted by Gasteiger charge is 2.30. The van der Waals surface area contributed by atoms with E-state index in [1.807, 2.05) is 0 Å². The lowest BCUT2D eigenvalue weighted by Crippen LogP contribution is -2.27. The van der Waals surface area contributed by atoms with Crippen LogP contribution in [0.1, 0.15) is 0 Å². The topological polar surface area (TPSA) is 29.1 Å². The SMILES string of the molecule is O=C(Nc1ccc(Cl)cc1Cl)C(Cl)(Cl)Cl. The van der Waals surface area contributed by atoms with Crippen molar-refractivity contribution in [3.63, 3.8) is 0 Å². The van der Waals surface area contributed by atoms with E-state index in [4.69, 9.17) is 58.0 Å². The largest absolute Gasteiger partial charge is 0.321 e. The second-order valence-electron chi connectivity index (χ2n) is 2.58. The maximum atomic E-state index is 11.3. The lowest BCUT2D eigenvalue weighted by atomic mass is 10.3. The summed E-state index contributed by atoms with van der Waals surface area (Å²) in [5.74, 6) is -0.781. The van der Waals surface area contributed by atoms with Gasteiger partial charge >= 0.3 is 0 Å². The molecule has 0 aliphatic carbocycles. The van der Waals surface area contributed by atoms with Crippen molar-refractivity contribution < 1.29 is 4.79 Å². The Morgan fingerprint density at radius 2 is 1.80 bits per heavy atom. The molecule has 1 aromatic carbocycles. The minimum Gasteiger partial charge on any atom is -0.321 e. The first kappa shape index (κ1) is 13.2. The fourth-order valence-electron chi connectivity index (χ4n) is 0.784.